The molecule has 0 aliphatic heterocycles. The molecule has 0 N–H and O–H groups in total. The first-order chi connectivity index (χ1) is 5.81. The van der Waals surface area contributed by atoms with Crippen molar-refractivity contribution in [1.82, 2.24) is 9.78 Å². The maximum absolute atomic E-state index is 11.1. The lowest BCUT2D eigenvalue weighted by molar-refractivity contribution is 0.598. The molecule has 0 radical (unpaired) electrons. The van der Waals surface area contributed by atoms with E-state index in [1.165, 1.54) is 17.5 Å². The molecular weight excluding hydrogens is 152 g/mol. The number of rotatable bonds is 2. The molecule has 0 amide bonds. The number of aryl methyl sites for hydroxylation is 1. The van der Waals surface area contributed by atoms with E-state index in [9.17, 15) is 4.79 Å². The Labute approximate surface area is 71.0 Å². The molecule has 1 aromatic heterocycles. The minimum absolute atomic E-state index is 0.00176. The fraction of sp³-hybridized carbons (Fsp3) is 0.556. The van der Waals surface area contributed by atoms with Crippen LogP contribution in [0.3, 0.4) is 0 Å². The summed E-state index contributed by atoms with van der Waals surface area (Å²) in [5.74, 6) is 0.628. The number of hydrogen-bond donors (Lipinski definition) is 0. The van der Waals surface area contributed by atoms with Gasteiger partial charge in [0.15, 0.2) is 0 Å². The average molecular weight is 164 g/mol. The SMILES string of the molecule is CCn1nc(C2CC2)ccc1=O. The van der Waals surface area contributed by atoms with E-state index < -0.39 is 0 Å². The van der Waals surface area contributed by atoms with Gasteiger partial charge in [0, 0.05) is 18.5 Å². The smallest absolute Gasteiger partial charge is 0.266 e. The lowest BCUT2D eigenvalue weighted by Crippen LogP contribution is -2.21. The molecule has 2 rings (SSSR count). The molecule has 0 spiro atoms. The van der Waals surface area contributed by atoms with Crippen molar-refractivity contribution < 1.29 is 0 Å². The van der Waals surface area contributed by atoms with Crippen molar-refractivity contribution in [2.75, 3.05) is 0 Å². The van der Waals surface area contributed by atoms with Gasteiger partial charge in [-0.15, -0.1) is 0 Å². The van der Waals surface area contributed by atoms with E-state index in [1.807, 2.05) is 13.0 Å². The quantitative estimate of drug-likeness (QED) is 0.657. The van der Waals surface area contributed by atoms with Crippen LogP contribution in [0.15, 0.2) is 16.9 Å². The highest BCUT2D eigenvalue weighted by Gasteiger charge is 2.25. The summed E-state index contributed by atoms with van der Waals surface area (Å²) in [7, 11) is 0. The van der Waals surface area contributed by atoms with E-state index in [2.05, 4.69) is 5.10 Å². The normalized spacial score (nSPS) is 16.4. The zero-order valence-corrected chi connectivity index (χ0v) is 7.16. The van der Waals surface area contributed by atoms with Crippen LogP contribution in [0.4, 0.5) is 0 Å². The molecular formula is C9H12N2O. The van der Waals surface area contributed by atoms with Crippen molar-refractivity contribution in [2.24, 2.45) is 0 Å². The number of nitrogens with zero attached hydrogens (tertiary/aromatic N) is 2. The second kappa shape index (κ2) is 2.73. The summed E-state index contributed by atoms with van der Waals surface area (Å²) in [6, 6.07) is 3.47. The van der Waals surface area contributed by atoms with Gasteiger partial charge in [0.1, 0.15) is 0 Å². The lowest BCUT2D eigenvalue weighted by atomic mass is 10.3. The molecule has 0 aromatic carbocycles. The molecule has 0 unspecified atom stereocenters. The third-order valence-corrected chi connectivity index (χ3v) is 2.18. The van der Waals surface area contributed by atoms with Crippen molar-refractivity contribution >= 4 is 0 Å². The second-order valence-corrected chi connectivity index (χ2v) is 3.19. The highest BCUT2D eigenvalue weighted by Crippen LogP contribution is 2.38. The molecule has 1 saturated carbocycles. The van der Waals surface area contributed by atoms with Crippen LogP contribution in [0.25, 0.3) is 0 Å². The van der Waals surface area contributed by atoms with Gasteiger partial charge in [-0.05, 0) is 25.8 Å². The Morgan fingerprint density at radius 3 is 2.92 bits per heavy atom. The monoisotopic (exact) mass is 164 g/mol. The van der Waals surface area contributed by atoms with Crippen LogP contribution < -0.4 is 5.56 Å². The molecule has 3 heteroatoms. The zero-order valence-electron chi connectivity index (χ0n) is 7.16. The summed E-state index contributed by atoms with van der Waals surface area (Å²) < 4.78 is 1.52. The molecule has 1 aliphatic rings. The standard InChI is InChI=1S/C9H12N2O/c1-2-11-9(12)6-5-8(10-11)7-3-4-7/h5-7H,2-4H2,1H3. The van der Waals surface area contributed by atoms with Crippen LogP contribution in [0.2, 0.25) is 0 Å². The first-order valence-corrected chi connectivity index (χ1v) is 4.39. The van der Waals surface area contributed by atoms with Gasteiger partial charge in [-0.2, -0.15) is 5.10 Å². The summed E-state index contributed by atoms with van der Waals surface area (Å²) in [5.41, 5.74) is 1.08. The van der Waals surface area contributed by atoms with Crippen LogP contribution in [0.5, 0.6) is 0 Å². The van der Waals surface area contributed by atoms with Crippen molar-refractivity contribution in [1.29, 1.82) is 0 Å². The zero-order chi connectivity index (χ0) is 8.55. The molecule has 1 aliphatic carbocycles. The van der Waals surface area contributed by atoms with Gasteiger partial charge in [-0.25, -0.2) is 4.68 Å². The molecule has 1 heterocycles. The molecule has 12 heavy (non-hydrogen) atoms. The van der Waals surface area contributed by atoms with Crippen molar-refractivity contribution in [3.05, 3.63) is 28.2 Å². The summed E-state index contributed by atoms with van der Waals surface area (Å²) in [5, 5.41) is 4.26. The number of hydrogen-bond acceptors (Lipinski definition) is 2. The summed E-state index contributed by atoms with van der Waals surface area (Å²) >= 11 is 0. The highest BCUT2D eigenvalue weighted by molar-refractivity contribution is 5.12. The summed E-state index contributed by atoms with van der Waals surface area (Å²) in [4.78, 5) is 11.1. The summed E-state index contributed by atoms with van der Waals surface area (Å²) in [6.45, 7) is 2.60. The van der Waals surface area contributed by atoms with Crippen LogP contribution in [0, 0.1) is 0 Å². The van der Waals surface area contributed by atoms with Crippen LogP contribution >= 0.6 is 0 Å². The molecule has 3 nitrogen and oxygen atoms in total. The van der Waals surface area contributed by atoms with Gasteiger partial charge in [0.25, 0.3) is 5.56 Å². The van der Waals surface area contributed by atoms with E-state index in [4.69, 9.17) is 0 Å². The molecule has 64 valence electrons. The van der Waals surface area contributed by atoms with E-state index in [0.29, 0.717) is 12.5 Å². The molecule has 1 fully saturated rings. The predicted octanol–water partition coefficient (Wildman–Crippen LogP) is 1.14. The lowest BCUT2D eigenvalue weighted by Gasteiger charge is -2.01. The third kappa shape index (κ3) is 1.26. The topological polar surface area (TPSA) is 34.9 Å². The van der Waals surface area contributed by atoms with Gasteiger partial charge in [0.2, 0.25) is 0 Å². The Kier molecular flexibility index (Phi) is 1.71. The van der Waals surface area contributed by atoms with Gasteiger partial charge < -0.3 is 0 Å². The maximum atomic E-state index is 11.1. The Hall–Kier alpha value is -1.12. The second-order valence-electron chi connectivity index (χ2n) is 3.19. The molecule has 0 atom stereocenters. The Morgan fingerprint density at radius 2 is 2.33 bits per heavy atom. The minimum atomic E-state index is 0.00176. The fourth-order valence-electron chi connectivity index (χ4n) is 1.29. The average Bonchev–Trinajstić information content (AvgIpc) is 2.88. The summed E-state index contributed by atoms with van der Waals surface area (Å²) in [6.07, 6.45) is 2.46. The predicted molar refractivity (Wildman–Crippen MR) is 46.1 cm³/mol. The maximum Gasteiger partial charge on any atom is 0.266 e. The first kappa shape index (κ1) is 7.53. The Bertz CT molecular complexity index is 339. The van der Waals surface area contributed by atoms with E-state index in [1.54, 1.807) is 6.07 Å². The van der Waals surface area contributed by atoms with Crippen LogP contribution in [-0.2, 0) is 6.54 Å². The van der Waals surface area contributed by atoms with Gasteiger partial charge in [-0.3, -0.25) is 4.79 Å². The van der Waals surface area contributed by atoms with Gasteiger partial charge >= 0.3 is 0 Å². The van der Waals surface area contributed by atoms with Crippen molar-refractivity contribution in [3.63, 3.8) is 0 Å². The highest BCUT2D eigenvalue weighted by atomic mass is 16.1. The molecule has 0 saturated heterocycles. The van der Waals surface area contributed by atoms with Crippen LogP contribution in [0.1, 0.15) is 31.4 Å². The van der Waals surface area contributed by atoms with Crippen molar-refractivity contribution in [2.45, 2.75) is 32.2 Å². The van der Waals surface area contributed by atoms with Crippen molar-refractivity contribution in [3.8, 4) is 0 Å². The Balaban J connectivity index is 2.40. The first-order valence-electron chi connectivity index (χ1n) is 4.39. The van der Waals surface area contributed by atoms with Gasteiger partial charge in [-0.1, -0.05) is 0 Å². The molecule has 0 bridgehead atoms. The molecule has 1 aromatic rings. The third-order valence-electron chi connectivity index (χ3n) is 2.18. The van der Waals surface area contributed by atoms with E-state index >= 15 is 0 Å². The fourth-order valence-corrected chi connectivity index (χ4v) is 1.29. The largest absolute Gasteiger partial charge is 0.268 e. The van der Waals surface area contributed by atoms with Gasteiger partial charge in [0.05, 0.1) is 5.69 Å². The number of aromatic nitrogens is 2. The van der Waals surface area contributed by atoms with E-state index in [-0.39, 0.29) is 5.56 Å². The Morgan fingerprint density at radius 1 is 1.58 bits per heavy atom. The van der Waals surface area contributed by atoms with Crippen LogP contribution in [-0.4, -0.2) is 9.78 Å². The minimum Gasteiger partial charge on any atom is -0.268 e. The van der Waals surface area contributed by atoms with E-state index in [0.717, 1.165) is 5.69 Å².